The van der Waals surface area contributed by atoms with E-state index in [9.17, 15) is 21.6 Å². The molecule has 2 heterocycles. The number of anilines is 3. The zero-order valence-corrected chi connectivity index (χ0v) is 20.1. The number of halogens is 1. The minimum atomic E-state index is -3.87. The summed E-state index contributed by atoms with van der Waals surface area (Å²) >= 11 is 5.98. The first-order valence-electron chi connectivity index (χ1n) is 9.82. The Balaban J connectivity index is 1.49. The van der Waals surface area contributed by atoms with Gasteiger partial charge in [0.05, 0.1) is 23.4 Å². The summed E-state index contributed by atoms with van der Waals surface area (Å²) in [5.74, 6) is -0.231. The molecule has 13 heteroatoms. The van der Waals surface area contributed by atoms with Crippen molar-refractivity contribution in [2.24, 2.45) is 0 Å². The Morgan fingerprint density at radius 2 is 1.82 bits per heavy atom. The number of rotatable bonds is 6. The Bertz CT molecular complexity index is 1430. The molecule has 1 unspecified atom stereocenters. The molecule has 1 aliphatic heterocycles. The van der Waals surface area contributed by atoms with Gasteiger partial charge in [-0.05, 0) is 54.6 Å². The van der Waals surface area contributed by atoms with Gasteiger partial charge in [-0.1, -0.05) is 17.7 Å². The smallest absolute Gasteiger partial charge is 0.267 e. The molecule has 0 bridgehead atoms. The van der Waals surface area contributed by atoms with E-state index in [1.54, 1.807) is 12.1 Å². The van der Waals surface area contributed by atoms with E-state index >= 15 is 0 Å². The maximum absolute atomic E-state index is 12.8. The van der Waals surface area contributed by atoms with Gasteiger partial charge in [-0.2, -0.15) is 0 Å². The fraction of sp³-hybridized carbons (Fsp3) is 0.143. The van der Waals surface area contributed by atoms with Crippen LogP contribution in [0.1, 0.15) is 0 Å². The Morgan fingerprint density at radius 1 is 1.09 bits per heavy atom. The molecule has 1 aliphatic rings. The lowest BCUT2D eigenvalue weighted by atomic mass is 10.2. The molecule has 0 aliphatic carbocycles. The molecule has 1 atom stereocenters. The van der Waals surface area contributed by atoms with Gasteiger partial charge < -0.3 is 10.1 Å². The zero-order chi connectivity index (χ0) is 24.5. The van der Waals surface area contributed by atoms with Gasteiger partial charge in [-0.3, -0.25) is 13.8 Å². The third-order valence-corrected chi connectivity index (χ3v) is 7.57. The minimum absolute atomic E-state index is 0.0286. The van der Waals surface area contributed by atoms with E-state index in [4.69, 9.17) is 16.3 Å². The van der Waals surface area contributed by atoms with Crippen LogP contribution < -0.4 is 19.1 Å². The Morgan fingerprint density at radius 3 is 2.47 bits per heavy atom. The molecular formula is C21H19ClN4O6S2. The van der Waals surface area contributed by atoms with Crippen molar-refractivity contribution in [1.29, 1.82) is 0 Å². The van der Waals surface area contributed by atoms with E-state index < -0.39 is 32.1 Å². The molecule has 4 rings (SSSR count). The number of nitrogens with zero attached hydrogens (tertiary/aromatic N) is 2. The summed E-state index contributed by atoms with van der Waals surface area (Å²) < 4.78 is 58.7. The molecule has 10 nitrogen and oxygen atoms in total. The van der Waals surface area contributed by atoms with Gasteiger partial charge in [0, 0.05) is 16.9 Å². The van der Waals surface area contributed by atoms with Crippen molar-refractivity contribution in [3.05, 3.63) is 71.9 Å². The average Bonchev–Trinajstić information content (AvgIpc) is 2.78. The average molecular weight is 523 g/mol. The standard InChI is InChI=1S/C21H19ClN4O6S2/c1-33(28,29)26-13-19(32-18-10-5-14(22)12-17(18)26)21(27)24-15-6-8-16(9-7-15)34(30,31)25-20-4-2-3-11-23-20/h2-12,19H,13H2,1H3,(H,23,25)(H,24,27). The van der Waals surface area contributed by atoms with E-state index in [0.29, 0.717) is 10.7 Å². The maximum Gasteiger partial charge on any atom is 0.267 e. The van der Waals surface area contributed by atoms with Crippen LogP contribution >= 0.6 is 11.6 Å². The number of amides is 1. The lowest BCUT2D eigenvalue weighted by Gasteiger charge is -2.34. The number of hydrogen-bond donors (Lipinski definition) is 2. The summed E-state index contributed by atoms with van der Waals surface area (Å²) in [6.07, 6.45) is 1.34. The normalized spacial score (nSPS) is 15.7. The maximum atomic E-state index is 12.8. The monoisotopic (exact) mass is 522 g/mol. The first-order chi connectivity index (χ1) is 16.0. The fourth-order valence-corrected chi connectivity index (χ4v) is 5.32. The highest BCUT2D eigenvalue weighted by molar-refractivity contribution is 7.92. The number of aromatic nitrogens is 1. The van der Waals surface area contributed by atoms with Crippen molar-refractivity contribution >= 4 is 54.7 Å². The van der Waals surface area contributed by atoms with E-state index in [2.05, 4.69) is 15.0 Å². The van der Waals surface area contributed by atoms with Gasteiger partial charge >= 0.3 is 0 Å². The lowest BCUT2D eigenvalue weighted by molar-refractivity contribution is -0.122. The number of pyridine rings is 1. The van der Waals surface area contributed by atoms with Crippen LogP contribution in [0.3, 0.4) is 0 Å². The largest absolute Gasteiger partial charge is 0.476 e. The summed E-state index contributed by atoms with van der Waals surface area (Å²) in [6, 6.07) is 14.8. The van der Waals surface area contributed by atoms with Gasteiger partial charge in [-0.15, -0.1) is 0 Å². The molecular weight excluding hydrogens is 504 g/mol. The van der Waals surface area contributed by atoms with Crippen LogP contribution in [-0.4, -0.2) is 46.6 Å². The molecule has 0 radical (unpaired) electrons. The summed E-state index contributed by atoms with van der Waals surface area (Å²) in [5, 5.41) is 2.94. The second-order valence-electron chi connectivity index (χ2n) is 7.35. The van der Waals surface area contributed by atoms with Crippen LogP contribution in [0, 0.1) is 0 Å². The van der Waals surface area contributed by atoms with Gasteiger partial charge in [0.15, 0.2) is 6.10 Å². The van der Waals surface area contributed by atoms with Gasteiger partial charge in [0.25, 0.3) is 15.9 Å². The first-order valence-corrected chi connectivity index (χ1v) is 13.5. The quantitative estimate of drug-likeness (QED) is 0.508. The molecule has 34 heavy (non-hydrogen) atoms. The fourth-order valence-electron chi connectivity index (χ4n) is 3.23. The Kier molecular flexibility index (Phi) is 6.39. The van der Waals surface area contributed by atoms with Crippen LogP contribution in [0.25, 0.3) is 0 Å². The molecule has 0 fully saturated rings. The predicted octanol–water partition coefficient (Wildman–Crippen LogP) is 2.70. The van der Waals surface area contributed by atoms with Crippen molar-refractivity contribution < 1.29 is 26.4 Å². The van der Waals surface area contributed by atoms with Gasteiger partial charge in [0.1, 0.15) is 11.6 Å². The number of ether oxygens (including phenoxy) is 1. The SMILES string of the molecule is CS(=O)(=O)N1CC(C(=O)Nc2ccc(S(=O)(=O)Nc3ccccn3)cc2)Oc2ccc(Cl)cc21. The highest BCUT2D eigenvalue weighted by Gasteiger charge is 2.35. The number of sulfonamides is 2. The highest BCUT2D eigenvalue weighted by atomic mass is 35.5. The summed E-state index contributed by atoms with van der Waals surface area (Å²) in [5.41, 5.74) is 0.548. The topological polar surface area (TPSA) is 135 Å². The van der Waals surface area contributed by atoms with Crippen molar-refractivity contribution in [2.75, 3.05) is 27.1 Å². The van der Waals surface area contributed by atoms with Crippen molar-refractivity contribution in [1.82, 2.24) is 4.98 Å². The van der Waals surface area contributed by atoms with E-state index in [1.807, 2.05) is 0 Å². The lowest BCUT2D eigenvalue weighted by Crippen LogP contribution is -2.48. The van der Waals surface area contributed by atoms with Crippen LogP contribution in [0.15, 0.2) is 71.8 Å². The molecule has 2 aromatic carbocycles. The van der Waals surface area contributed by atoms with Crippen molar-refractivity contribution in [3.63, 3.8) is 0 Å². The summed E-state index contributed by atoms with van der Waals surface area (Å²) in [7, 11) is -7.58. The molecule has 3 aromatic rings. The molecule has 2 N–H and O–H groups in total. The summed E-state index contributed by atoms with van der Waals surface area (Å²) in [6.45, 7) is -0.252. The Hall–Kier alpha value is -3.35. The van der Waals surface area contributed by atoms with Crippen LogP contribution in [0.4, 0.5) is 17.2 Å². The second kappa shape index (κ2) is 9.12. The molecule has 0 saturated carbocycles. The molecule has 1 amide bonds. The first kappa shape index (κ1) is 23.8. The van der Waals surface area contributed by atoms with E-state index in [1.165, 1.54) is 54.7 Å². The number of nitrogens with one attached hydrogen (secondary N) is 2. The predicted molar refractivity (Wildman–Crippen MR) is 128 cm³/mol. The van der Waals surface area contributed by atoms with Gasteiger partial charge in [-0.25, -0.2) is 21.8 Å². The molecule has 0 saturated heterocycles. The zero-order valence-electron chi connectivity index (χ0n) is 17.7. The second-order valence-corrected chi connectivity index (χ2v) is 11.4. The minimum Gasteiger partial charge on any atom is -0.476 e. The number of carbonyl (C=O) groups is 1. The van der Waals surface area contributed by atoms with Crippen LogP contribution in [0.2, 0.25) is 5.02 Å². The van der Waals surface area contributed by atoms with E-state index in [-0.39, 0.29) is 28.7 Å². The number of hydrogen-bond acceptors (Lipinski definition) is 7. The third kappa shape index (κ3) is 5.24. The van der Waals surface area contributed by atoms with Crippen LogP contribution in [-0.2, 0) is 24.8 Å². The molecule has 178 valence electrons. The summed E-state index contributed by atoms with van der Waals surface area (Å²) in [4.78, 5) is 16.7. The number of fused-ring (bicyclic) bond motifs is 1. The van der Waals surface area contributed by atoms with E-state index in [0.717, 1.165) is 10.6 Å². The van der Waals surface area contributed by atoms with Crippen LogP contribution in [0.5, 0.6) is 5.75 Å². The molecule has 1 aromatic heterocycles. The third-order valence-electron chi connectivity index (χ3n) is 4.82. The van der Waals surface area contributed by atoms with Gasteiger partial charge in [0.2, 0.25) is 10.0 Å². The van der Waals surface area contributed by atoms with Crippen molar-refractivity contribution in [3.8, 4) is 5.75 Å². The Labute approximate surface area is 201 Å². The number of benzene rings is 2. The van der Waals surface area contributed by atoms with Crippen molar-refractivity contribution in [2.45, 2.75) is 11.0 Å². The highest BCUT2D eigenvalue weighted by Crippen LogP contribution is 2.37. The number of carbonyl (C=O) groups excluding carboxylic acids is 1. The molecule has 0 spiro atoms.